The van der Waals surface area contributed by atoms with Crippen LogP contribution in [0.1, 0.15) is 51.7 Å². The molecule has 0 bridgehead atoms. The highest BCUT2D eigenvalue weighted by Crippen LogP contribution is 2.50. The van der Waals surface area contributed by atoms with Gasteiger partial charge in [0.05, 0.1) is 33.1 Å². The Hall–Kier alpha value is -5.80. The molecule has 0 saturated carbocycles. The van der Waals surface area contributed by atoms with Crippen LogP contribution in [-0.2, 0) is 10.8 Å². The van der Waals surface area contributed by atoms with Crippen molar-refractivity contribution in [1.29, 1.82) is 0 Å². The zero-order valence-corrected chi connectivity index (χ0v) is 29.4. The first kappa shape index (κ1) is 29.0. The lowest BCUT2D eigenvalue weighted by Gasteiger charge is -2.42. The molecular formula is C48H38N2O. The zero-order valence-electron chi connectivity index (χ0n) is 29.4. The van der Waals surface area contributed by atoms with E-state index in [2.05, 4.69) is 170 Å². The fraction of sp³-hybridized carbons (Fsp3) is 0.167. The van der Waals surface area contributed by atoms with Gasteiger partial charge >= 0.3 is 0 Å². The second-order valence-electron chi connectivity index (χ2n) is 16.0. The highest BCUT2D eigenvalue weighted by Gasteiger charge is 2.38. The molecule has 0 aliphatic heterocycles. The maximum absolute atomic E-state index is 6.48. The van der Waals surface area contributed by atoms with Gasteiger partial charge in [-0.25, -0.2) is 0 Å². The van der Waals surface area contributed by atoms with Crippen LogP contribution in [0.15, 0.2) is 138 Å². The smallest absolute Gasteiger partial charge is 0.137 e. The lowest BCUT2D eigenvalue weighted by atomic mass is 9.63. The quantitative estimate of drug-likeness (QED) is 0.181. The molecule has 7 aromatic carbocycles. The average molecular weight is 659 g/mol. The van der Waals surface area contributed by atoms with Crippen molar-refractivity contribution in [2.45, 2.75) is 51.4 Å². The topological polar surface area (TPSA) is 23.0 Å². The number of aromatic nitrogens is 2. The van der Waals surface area contributed by atoms with Gasteiger partial charge in [0.1, 0.15) is 11.2 Å². The third-order valence-corrected chi connectivity index (χ3v) is 12.1. The van der Waals surface area contributed by atoms with Gasteiger partial charge < -0.3 is 13.6 Å². The summed E-state index contributed by atoms with van der Waals surface area (Å²) in [5.74, 6) is 0. The van der Waals surface area contributed by atoms with Crippen molar-refractivity contribution < 1.29 is 4.42 Å². The van der Waals surface area contributed by atoms with Crippen molar-refractivity contribution in [3.8, 4) is 11.4 Å². The molecule has 0 radical (unpaired) electrons. The first-order valence-corrected chi connectivity index (χ1v) is 18.2. The van der Waals surface area contributed by atoms with Crippen molar-refractivity contribution in [2.24, 2.45) is 0 Å². The Morgan fingerprint density at radius 3 is 1.90 bits per heavy atom. The van der Waals surface area contributed by atoms with Crippen LogP contribution in [-0.4, -0.2) is 9.13 Å². The van der Waals surface area contributed by atoms with Gasteiger partial charge in [-0.05, 0) is 106 Å². The Bertz CT molecular complexity index is 3080. The molecule has 246 valence electrons. The normalized spacial score (nSPS) is 15.6. The van der Waals surface area contributed by atoms with E-state index >= 15 is 0 Å². The number of hydrogen-bond acceptors (Lipinski definition) is 1. The van der Waals surface area contributed by atoms with Crippen LogP contribution in [0.2, 0.25) is 0 Å². The highest BCUT2D eigenvalue weighted by atomic mass is 16.3. The molecule has 11 rings (SSSR count). The van der Waals surface area contributed by atoms with Gasteiger partial charge in [0.25, 0.3) is 0 Å². The third kappa shape index (κ3) is 3.89. The van der Waals surface area contributed by atoms with Crippen LogP contribution in [0.25, 0.3) is 87.7 Å². The Balaban J connectivity index is 1.38. The summed E-state index contributed by atoms with van der Waals surface area (Å²) in [4.78, 5) is 0. The second kappa shape index (κ2) is 9.92. The molecule has 3 heteroatoms. The second-order valence-corrected chi connectivity index (χ2v) is 16.0. The summed E-state index contributed by atoms with van der Waals surface area (Å²) < 4.78 is 11.5. The molecule has 0 saturated heterocycles. The van der Waals surface area contributed by atoms with Crippen LogP contribution >= 0.6 is 0 Å². The minimum Gasteiger partial charge on any atom is -0.456 e. The van der Waals surface area contributed by atoms with Crippen molar-refractivity contribution >= 4 is 76.3 Å². The van der Waals surface area contributed by atoms with Crippen molar-refractivity contribution in [3.05, 3.63) is 145 Å². The molecule has 0 fully saturated rings. The molecular weight excluding hydrogens is 621 g/mol. The monoisotopic (exact) mass is 658 g/mol. The summed E-state index contributed by atoms with van der Waals surface area (Å²) in [6.45, 7) is 9.72. The van der Waals surface area contributed by atoms with Gasteiger partial charge in [0.15, 0.2) is 0 Å². The number of nitrogens with zero attached hydrogens (tertiary/aromatic N) is 2. The van der Waals surface area contributed by atoms with E-state index in [0.29, 0.717) is 0 Å². The molecule has 0 spiro atoms. The first-order chi connectivity index (χ1) is 24.8. The van der Waals surface area contributed by atoms with Gasteiger partial charge in [0, 0.05) is 32.6 Å². The van der Waals surface area contributed by atoms with E-state index in [1.165, 1.54) is 84.0 Å². The predicted molar refractivity (Wildman–Crippen MR) is 215 cm³/mol. The number of benzene rings is 7. The van der Waals surface area contributed by atoms with E-state index in [0.717, 1.165) is 27.6 Å². The largest absolute Gasteiger partial charge is 0.456 e. The predicted octanol–water partition coefficient (Wildman–Crippen LogP) is 13.3. The number of fused-ring (bicyclic) bond motifs is 12. The van der Waals surface area contributed by atoms with Crippen LogP contribution < -0.4 is 0 Å². The van der Waals surface area contributed by atoms with Crippen LogP contribution in [0.4, 0.5) is 0 Å². The van der Waals surface area contributed by atoms with Crippen molar-refractivity contribution in [1.82, 2.24) is 9.13 Å². The van der Waals surface area contributed by atoms with Crippen molar-refractivity contribution in [2.75, 3.05) is 0 Å². The molecule has 0 N–H and O–H groups in total. The fourth-order valence-corrected chi connectivity index (χ4v) is 9.41. The zero-order chi connectivity index (χ0) is 34.2. The number of hydrogen-bond donors (Lipinski definition) is 0. The maximum Gasteiger partial charge on any atom is 0.137 e. The van der Waals surface area contributed by atoms with Gasteiger partial charge in [-0.2, -0.15) is 0 Å². The summed E-state index contributed by atoms with van der Waals surface area (Å²) in [6.07, 6.45) is 2.35. The maximum atomic E-state index is 6.48. The third-order valence-electron chi connectivity index (χ3n) is 12.1. The number of rotatable bonds is 2. The molecule has 0 unspecified atom stereocenters. The van der Waals surface area contributed by atoms with E-state index in [4.69, 9.17) is 4.42 Å². The molecule has 10 aromatic rings. The van der Waals surface area contributed by atoms with Gasteiger partial charge in [-0.3, -0.25) is 0 Å². The summed E-state index contributed by atoms with van der Waals surface area (Å²) in [7, 11) is 0. The number of para-hydroxylation sites is 2. The first-order valence-electron chi connectivity index (χ1n) is 18.2. The van der Waals surface area contributed by atoms with E-state index in [1.54, 1.807) is 0 Å². The summed E-state index contributed by atoms with van der Waals surface area (Å²) in [5, 5.41) is 9.95. The van der Waals surface area contributed by atoms with E-state index in [9.17, 15) is 0 Å². The molecule has 3 aromatic heterocycles. The van der Waals surface area contributed by atoms with Gasteiger partial charge in [0.2, 0.25) is 0 Å². The molecule has 0 amide bonds. The number of furan rings is 1. The Labute approximate surface area is 296 Å². The summed E-state index contributed by atoms with van der Waals surface area (Å²) in [5.41, 5.74) is 12.2. The standard InChI is InChI=1S/C48H38N2O/c1-47(2)23-24-48(3,4)37-28-42-33(25-36(37)47)34-26-41-35(27-40(34)50(42)38-18-12-20-44-46(38)32-17-10-11-19-43(32)51-44)45-31-16-9-8-13-29(31)21-22-39(45)49(41)30-14-6-5-7-15-30/h5-22,25-28H,23-24H2,1-4H3. The molecule has 1 aliphatic carbocycles. The Morgan fingerprint density at radius 1 is 0.451 bits per heavy atom. The minimum atomic E-state index is 0.0817. The molecule has 51 heavy (non-hydrogen) atoms. The molecule has 0 atom stereocenters. The highest BCUT2D eigenvalue weighted by molar-refractivity contribution is 6.25. The van der Waals surface area contributed by atoms with E-state index in [-0.39, 0.29) is 10.8 Å². The molecule has 3 nitrogen and oxygen atoms in total. The van der Waals surface area contributed by atoms with Crippen LogP contribution in [0.5, 0.6) is 0 Å². The Kier molecular flexibility index (Phi) is 5.64. The Morgan fingerprint density at radius 2 is 1.08 bits per heavy atom. The molecule has 3 heterocycles. The SMILES string of the molecule is CC1(C)CCC(C)(C)c2cc3c(cc21)c1cc2c(cc1n3-c1cccc3oc4ccccc4c13)c1c3ccccc3ccc1n2-c1ccccc1. The fourth-order valence-electron chi connectivity index (χ4n) is 9.41. The van der Waals surface area contributed by atoms with Crippen molar-refractivity contribution in [3.63, 3.8) is 0 Å². The lowest BCUT2D eigenvalue weighted by Crippen LogP contribution is -2.33. The lowest BCUT2D eigenvalue weighted by molar-refractivity contribution is 0.332. The molecule has 1 aliphatic rings. The van der Waals surface area contributed by atoms with Gasteiger partial charge in [-0.1, -0.05) is 100 Å². The summed E-state index contributed by atoms with van der Waals surface area (Å²) >= 11 is 0. The van der Waals surface area contributed by atoms with Gasteiger partial charge in [-0.15, -0.1) is 0 Å². The summed E-state index contributed by atoms with van der Waals surface area (Å²) in [6, 6.07) is 49.3. The van der Waals surface area contributed by atoms with Crippen LogP contribution in [0.3, 0.4) is 0 Å². The average Bonchev–Trinajstić information content (AvgIpc) is 3.80. The van der Waals surface area contributed by atoms with E-state index in [1.807, 2.05) is 0 Å². The van der Waals surface area contributed by atoms with Crippen LogP contribution in [0, 0.1) is 0 Å². The van der Waals surface area contributed by atoms with E-state index < -0.39 is 0 Å². The minimum absolute atomic E-state index is 0.0817.